The number of benzene rings is 2. The highest BCUT2D eigenvalue weighted by Crippen LogP contribution is 2.37. The van der Waals surface area contributed by atoms with Gasteiger partial charge in [-0.15, -0.1) is 5.10 Å². The van der Waals surface area contributed by atoms with Crippen LogP contribution >= 0.6 is 11.6 Å². The van der Waals surface area contributed by atoms with Crippen LogP contribution in [0.1, 0.15) is 75.2 Å². The number of nitriles is 1. The topological polar surface area (TPSA) is 103 Å². The van der Waals surface area contributed by atoms with E-state index in [4.69, 9.17) is 11.6 Å². The van der Waals surface area contributed by atoms with Crippen LogP contribution in [0.25, 0.3) is 10.9 Å². The van der Waals surface area contributed by atoms with Crippen molar-refractivity contribution in [3.05, 3.63) is 76.5 Å². The van der Waals surface area contributed by atoms with Gasteiger partial charge in [-0.1, -0.05) is 48.2 Å². The van der Waals surface area contributed by atoms with Gasteiger partial charge in [-0.25, -0.2) is 14.5 Å². The number of nitrogens with zero attached hydrogens (tertiary/aromatic N) is 5. The van der Waals surface area contributed by atoms with E-state index in [0.29, 0.717) is 56.2 Å². The minimum absolute atomic E-state index is 0.291. The van der Waals surface area contributed by atoms with Crippen molar-refractivity contribution < 1.29 is 5.76 Å². The number of hydrogen-bond acceptors (Lipinski definition) is 7. The van der Waals surface area contributed by atoms with Gasteiger partial charge in [0, 0.05) is 23.3 Å². The van der Waals surface area contributed by atoms with Gasteiger partial charge in [0.2, 0.25) is 0 Å². The van der Waals surface area contributed by atoms with E-state index in [-0.39, 0.29) is 0 Å². The third-order valence-electron chi connectivity index (χ3n) is 7.14. The maximum atomic E-state index is 13.8. The molecule has 0 bridgehead atoms. The molecule has 2 fully saturated rings. The van der Waals surface area contributed by atoms with Crippen molar-refractivity contribution in [3.63, 3.8) is 0 Å². The fraction of sp³-hybridized carbons (Fsp3) is 0.357. The first-order valence-corrected chi connectivity index (χ1v) is 13.3. The molecule has 0 amide bonds. The molecule has 3 N–H and O–H groups in total. The summed E-state index contributed by atoms with van der Waals surface area (Å²) in [5.41, 5.74) is 9.53. The Hall–Kier alpha value is -3.74. The average molecular weight is 532 g/mol. The Morgan fingerprint density at radius 2 is 1.92 bits per heavy atom. The monoisotopic (exact) mass is 531 g/mol. The van der Waals surface area contributed by atoms with Crippen molar-refractivity contribution in [2.24, 2.45) is 0 Å². The van der Waals surface area contributed by atoms with E-state index in [1.165, 1.54) is 37.6 Å². The Balaban J connectivity index is 1.40. The van der Waals surface area contributed by atoms with Crippen molar-refractivity contribution in [1.82, 2.24) is 25.4 Å². The minimum Gasteiger partial charge on any atom is -0.373 e. The summed E-state index contributed by atoms with van der Waals surface area (Å²) in [4.78, 5) is 4.44. The second-order valence-corrected chi connectivity index (χ2v) is 10.3. The number of fused-ring (bicyclic) bond motifs is 1. The first-order chi connectivity index (χ1) is 18.9. The summed E-state index contributed by atoms with van der Waals surface area (Å²) in [7, 11) is 0. The van der Waals surface area contributed by atoms with Gasteiger partial charge >= 0.3 is 0 Å². The number of anilines is 2. The summed E-state index contributed by atoms with van der Waals surface area (Å²) in [6.07, 6.45) is 11.0. The molecule has 0 unspecified atom stereocenters. The van der Waals surface area contributed by atoms with Crippen LogP contribution in [0.2, 0.25) is 5.02 Å². The number of pyridine rings is 1. The Morgan fingerprint density at radius 3 is 2.66 bits per heavy atom. The van der Waals surface area contributed by atoms with Crippen LogP contribution < -0.4 is 16.2 Å². The lowest BCUT2D eigenvalue weighted by Crippen LogP contribution is -2.35. The molecule has 6 rings (SSSR count). The van der Waals surface area contributed by atoms with Gasteiger partial charge in [-0.3, -0.25) is 4.98 Å². The van der Waals surface area contributed by atoms with Crippen molar-refractivity contribution in [2.45, 2.75) is 63.0 Å². The lowest BCUT2D eigenvalue weighted by atomic mass is 9.96. The number of aromatic nitrogens is 4. The molecule has 4 aromatic rings. The van der Waals surface area contributed by atoms with E-state index in [9.17, 15) is 11.0 Å². The number of halogens is 2. The van der Waals surface area contributed by atoms with Crippen LogP contribution in [0.3, 0.4) is 0 Å². The predicted molar refractivity (Wildman–Crippen MR) is 145 cm³/mol. The van der Waals surface area contributed by atoms with Crippen LogP contribution in [0.4, 0.5) is 15.8 Å². The molecule has 194 valence electrons. The second kappa shape index (κ2) is 10.6. The third kappa shape index (κ3) is 5.15. The zero-order valence-corrected chi connectivity index (χ0v) is 21.5. The fourth-order valence-corrected chi connectivity index (χ4v) is 5.19. The Labute approximate surface area is 226 Å². The maximum absolute atomic E-state index is 13.8. The van der Waals surface area contributed by atoms with E-state index in [1.54, 1.807) is 29.1 Å². The molecule has 0 radical (unpaired) electrons. The van der Waals surface area contributed by atoms with E-state index >= 15 is 0 Å². The molecule has 2 heterocycles. The minimum atomic E-state index is -1.59. The zero-order valence-electron chi connectivity index (χ0n) is 21.7. The second-order valence-electron chi connectivity index (χ2n) is 9.94. The molecule has 0 aliphatic heterocycles. The smallest absolute Gasteiger partial charge is 0.123 e. The highest BCUT2D eigenvalue weighted by Gasteiger charge is 2.27. The maximum Gasteiger partial charge on any atom is 0.123 e. The quantitative estimate of drug-likeness (QED) is 0.230. The Morgan fingerprint density at radius 1 is 1.13 bits per heavy atom. The predicted octanol–water partition coefficient (Wildman–Crippen LogP) is 6.28. The van der Waals surface area contributed by atoms with Crippen molar-refractivity contribution in [1.29, 1.82) is 5.26 Å². The summed E-state index contributed by atoms with van der Waals surface area (Å²) >= 11 is 6.70. The molecule has 2 saturated carbocycles. The third-order valence-corrected chi connectivity index (χ3v) is 7.43. The van der Waals surface area contributed by atoms with E-state index < -0.39 is 11.8 Å². The SMILES string of the molecule is [2H][C@@](Nc1cc(Cl)c2ncc(C#N)c(NNC3CCCCC3)c2c1)(c1ccc(F)cc1)c1cn(C2CC2)nn1. The van der Waals surface area contributed by atoms with Crippen LogP contribution in [0.15, 0.2) is 48.8 Å². The molecule has 2 aliphatic carbocycles. The van der Waals surface area contributed by atoms with Crippen LogP contribution in [-0.4, -0.2) is 26.0 Å². The lowest BCUT2D eigenvalue weighted by Gasteiger charge is -2.24. The van der Waals surface area contributed by atoms with Gasteiger partial charge in [-0.05, 0) is 55.5 Å². The van der Waals surface area contributed by atoms with E-state index in [0.717, 1.165) is 25.7 Å². The molecular weight excluding hydrogens is 503 g/mol. The molecule has 0 saturated heterocycles. The normalized spacial score (nSPS) is 18.0. The van der Waals surface area contributed by atoms with Gasteiger partial charge in [0.15, 0.2) is 0 Å². The largest absolute Gasteiger partial charge is 0.373 e. The molecule has 38 heavy (non-hydrogen) atoms. The molecule has 2 aromatic carbocycles. The van der Waals surface area contributed by atoms with Crippen molar-refractivity contribution >= 4 is 33.9 Å². The number of nitrogens with one attached hydrogen (secondary N) is 3. The summed E-state index contributed by atoms with van der Waals surface area (Å²) in [5.74, 6) is -0.396. The van der Waals surface area contributed by atoms with Crippen LogP contribution in [-0.2, 0) is 0 Å². The first-order valence-electron chi connectivity index (χ1n) is 13.4. The number of hydrogen-bond donors (Lipinski definition) is 3. The van der Waals surface area contributed by atoms with Crippen molar-refractivity contribution in [2.75, 3.05) is 10.7 Å². The molecule has 10 heteroatoms. The molecular formula is C28H28ClFN8. The molecule has 8 nitrogen and oxygen atoms in total. The van der Waals surface area contributed by atoms with Gasteiger partial charge < -0.3 is 10.7 Å². The van der Waals surface area contributed by atoms with E-state index in [2.05, 4.69) is 37.5 Å². The summed E-state index contributed by atoms with van der Waals surface area (Å²) < 4.78 is 25.1. The fourth-order valence-electron chi connectivity index (χ4n) is 4.93. The van der Waals surface area contributed by atoms with E-state index in [1.807, 2.05) is 6.07 Å². The number of rotatable bonds is 8. The van der Waals surface area contributed by atoms with Crippen LogP contribution in [0, 0.1) is 17.1 Å². The molecule has 0 spiro atoms. The molecule has 2 aliphatic rings. The zero-order chi connectivity index (χ0) is 27.0. The molecule has 2 aromatic heterocycles. The summed E-state index contributed by atoms with van der Waals surface area (Å²) in [5, 5.41) is 22.7. The summed E-state index contributed by atoms with van der Waals surface area (Å²) in [6.45, 7) is 0. The van der Waals surface area contributed by atoms with Gasteiger partial charge in [0.1, 0.15) is 17.6 Å². The Bertz CT molecular complexity index is 1540. The standard InChI is InChI=1S/C28H28ClFN8/c29-24-13-21(12-23-26(18(14-31)15-32-28(23)24)36-34-20-4-2-1-3-5-20)33-27(17-6-8-19(30)9-7-17)25-16-38(37-35-25)22-10-11-22/h6-9,12-13,15-16,20,22,27,33-34H,1-5,10-11H2,(H,32,36)/t27-/m1/s1/i27D. The Kier molecular flexibility index (Phi) is 6.50. The van der Waals surface area contributed by atoms with Gasteiger partial charge in [0.25, 0.3) is 0 Å². The summed E-state index contributed by atoms with van der Waals surface area (Å²) in [6, 6.07) is 10.5. The number of hydrazine groups is 1. The van der Waals surface area contributed by atoms with Crippen molar-refractivity contribution in [3.8, 4) is 6.07 Å². The van der Waals surface area contributed by atoms with Gasteiger partial charge in [0.05, 0.1) is 41.4 Å². The molecule has 1 atom stereocenters. The highest BCUT2D eigenvalue weighted by molar-refractivity contribution is 6.35. The van der Waals surface area contributed by atoms with Gasteiger partial charge in [-0.2, -0.15) is 5.26 Å². The lowest BCUT2D eigenvalue weighted by molar-refractivity contribution is 0.393. The first kappa shape index (κ1) is 23.4. The van der Waals surface area contributed by atoms with Crippen LogP contribution in [0.5, 0.6) is 0 Å². The average Bonchev–Trinajstić information content (AvgIpc) is 3.68. The highest BCUT2D eigenvalue weighted by atomic mass is 35.5.